The zero-order valence-electron chi connectivity index (χ0n) is 8.83. The predicted molar refractivity (Wildman–Crippen MR) is 62.6 cm³/mol. The van der Waals surface area contributed by atoms with Gasteiger partial charge in [-0.3, -0.25) is 4.90 Å². The van der Waals surface area contributed by atoms with E-state index in [1.165, 1.54) is 0 Å². The first kappa shape index (κ1) is 11.0. The van der Waals surface area contributed by atoms with Crippen molar-refractivity contribution in [2.75, 3.05) is 26.2 Å². The van der Waals surface area contributed by atoms with E-state index in [1.54, 1.807) is 0 Å². The van der Waals surface area contributed by atoms with Gasteiger partial charge < -0.3 is 5.32 Å². The summed E-state index contributed by atoms with van der Waals surface area (Å²) in [6.45, 7) is 7.16. The molecule has 15 heavy (non-hydrogen) atoms. The minimum absolute atomic E-state index is 0.836. The predicted octanol–water partition coefficient (Wildman–Crippen LogP) is 0.953. The van der Waals surface area contributed by atoms with E-state index in [0.717, 1.165) is 48.7 Å². The lowest BCUT2D eigenvalue weighted by Crippen LogP contribution is -2.43. The third-order valence-corrected chi connectivity index (χ3v) is 3.18. The number of nitrogens with zero attached hydrogens (tertiary/aromatic N) is 3. The Kier molecular flexibility index (Phi) is 3.66. The van der Waals surface area contributed by atoms with Crippen molar-refractivity contribution in [2.45, 2.75) is 13.5 Å². The van der Waals surface area contributed by atoms with Gasteiger partial charge in [-0.05, 0) is 22.9 Å². The minimum Gasteiger partial charge on any atom is -0.314 e. The molecule has 0 unspecified atom stereocenters. The van der Waals surface area contributed by atoms with Crippen LogP contribution in [-0.4, -0.2) is 41.0 Å². The van der Waals surface area contributed by atoms with E-state index in [9.17, 15) is 0 Å². The van der Waals surface area contributed by atoms with Crippen molar-refractivity contribution in [1.29, 1.82) is 0 Å². The maximum absolute atomic E-state index is 4.45. The molecule has 4 nitrogen and oxygen atoms in total. The number of aromatic nitrogens is 2. The van der Waals surface area contributed by atoms with Crippen LogP contribution >= 0.6 is 15.9 Å². The van der Waals surface area contributed by atoms with Crippen molar-refractivity contribution in [1.82, 2.24) is 20.2 Å². The summed E-state index contributed by atoms with van der Waals surface area (Å²) in [5, 5.41) is 3.34. The van der Waals surface area contributed by atoms with Crippen LogP contribution in [0.2, 0.25) is 0 Å². The molecule has 1 saturated heterocycles. The lowest BCUT2D eigenvalue weighted by atomic mass is 10.3. The van der Waals surface area contributed by atoms with Crippen molar-refractivity contribution < 1.29 is 0 Å². The summed E-state index contributed by atoms with van der Waals surface area (Å²) in [5.74, 6) is 0.836. The summed E-state index contributed by atoms with van der Waals surface area (Å²) in [7, 11) is 0. The minimum atomic E-state index is 0.836. The lowest BCUT2D eigenvalue weighted by Gasteiger charge is -2.27. The normalized spacial score (nSPS) is 18.0. The van der Waals surface area contributed by atoms with Crippen molar-refractivity contribution >= 4 is 15.9 Å². The van der Waals surface area contributed by atoms with Crippen LogP contribution in [0.3, 0.4) is 0 Å². The molecular formula is C10H15BrN4. The summed E-state index contributed by atoms with van der Waals surface area (Å²) in [4.78, 5) is 11.0. The molecule has 0 amide bonds. The first-order valence-electron chi connectivity index (χ1n) is 5.17. The molecule has 82 valence electrons. The van der Waals surface area contributed by atoms with Gasteiger partial charge in [0.15, 0.2) is 0 Å². The molecule has 0 spiro atoms. The topological polar surface area (TPSA) is 41.1 Å². The van der Waals surface area contributed by atoms with Crippen LogP contribution in [0.5, 0.6) is 0 Å². The quantitative estimate of drug-likeness (QED) is 0.869. The second-order valence-corrected chi connectivity index (χ2v) is 4.59. The Morgan fingerprint density at radius 2 is 2.20 bits per heavy atom. The third-order valence-electron chi connectivity index (χ3n) is 2.52. The maximum Gasteiger partial charge on any atom is 0.125 e. The number of piperazine rings is 1. The summed E-state index contributed by atoms with van der Waals surface area (Å²) in [6, 6.07) is 0. The fraction of sp³-hybridized carbons (Fsp3) is 0.600. The number of halogens is 1. The smallest absolute Gasteiger partial charge is 0.125 e. The van der Waals surface area contributed by atoms with Gasteiger partial charge in [-0.1, -0.05) is 0 Å². The van der Waals surface area contributed by atoms with Crippen molar-refractivity contribution in [2.24, 2.45) is 0 Å². The van der Waals surface area contributed by atoms with Crippen LogP contribution in [-0.2, 0) is 6.54 Å². The number of nitrogens with one attached hydrogen (secondary N) is 1. The monoisotopic (exact) mass is 270 g/mol. The van der Waals surface area contributed by atoms with Crippen LogP contribution in [0, 0.1) is 6.92 Å². The molecule has 1 aromatic rings. The van der Waals surface area contributed by atoms with E-state index in [1.807, 2.05) is 13.1 Å². The fourth-order valence-corrected chi connectivity index (χ4v) is 2.01. The molecule has 0 bridgehead atoms. The highest BCUT2D eigenvalue weighted by Gasteiger charge is 2.12. The lowest BCUT2D eigenvalue weighted by molar-refractivity contribution is 0.230. The van der Waals surface area contributed by atoms with Gasteiger partial charge in [0.05, 0.1) is 10.2 Å². The second kappa shape index (κ2) is 5.01. The van der Waals surface area contributed by atoms with Crippen LogP contribution < -0.4 is 5.32 Å². The molecule has 5 heteroatoms. The average Bonchev–Trinajstić information content (AvgIpc) is 2.25. The van der Waals surface area contributed by atoms with Crippen molar-refractivity contribution in [3.05, 3.63) is 22.2 Å². The van der Waals surface area contributed by atoms with Crippen LogP contribution in [0.15, 0.2) is 10.7 Å². The molecule has 0 atom stereocenters. The molecule has 0 radical (unpaired) electrons. The molecule has 0 aromatic carbocycles. The Morgan fingerprint density at radius 1 is 1.47 bits per heavy atom. The van der Waals surface area contributed by atoms with Gasteiger partial charge in [0, 0.05) is 38.9 Å². The molecule has 1 aliphatic rings. The Morgan fingerprint density at radius 3 is 2.93 bits per heavy atom. The number of aryl methyl sites for hydroxylation is 1. The first-order chi connectivity index (χ1) is 7.25. The van der Waals surface area contributed by atoms with Crippen molar-refractivity contribution in [3.8, 4) is 0 Å². The van der Waals surface area contributed by atoms with E-state index in [-0.39, 0.29) is 0 Å². The standard InChI is InChI=1S/C10H15BrN4/c1-8-13-6-9(11)10(14-8)7-15-4-2-12-3-5-15/h6,12H,2-5,7H2,1H3. The molecule has 1 fully saturated rings. The number of hydrogen-bond donors (Lipinski definition) is 1. The van der Waals surface area contributed by atoms with Gasteiger partial charge >= 0.3 is 0 Å². The SMILES string of the molecule is Cc1ncc(Br)c(CN2CCNCC2)n1. The molecule has 1 N–H and O–H groups in total. The summed E-state index contributed by atoms with van der Waals surface area (Å²) < 4.78 is 1.01. The third kappa shape index (κ3) is 2.96. The Hall–Kier alpha value is -0.520. The molecular weight excluding hydrogens is 256 g/mol. The fourth-order valence-electron chi connectivity index (χ4n) is 1.69. The summed E-state index contributed by atoms with van der Waals surface area (Å²) in [5.41, 5.74) is 1.09. The van der Waals surface area contributed by atoms with Crippen LogP contribution in [0.4, 0.5) is 0 Å². The van der Waals surface area contributed by atoms with E-state index in [2.05, 4.69) is 36.1 Å². The molecule has 2 rings (SSSR count). The van der Waals surface area contributed by atoms with E-state index >= 15 is 0 Å². The van der Waals surface area contributed by atoms with Crippen LogP contribution in [0.25, 0.3) is 0 Å². The van der Waals surface area contributed by atoms with Gasteiger partial charge in [0.25, 0.3) is 0 Å². The zero-order chi connectivity index (χ0) is 10.7. The summed E-state index contributed by atoms with van der Waals surface area (Å²) >= 11 is 3.49. The summed E-state index contributed by atoms with van der Waals surface area (Å²) in [6.07, 6.45) is 1.83. The van der Waals surface area contributed by atoms with E-state index in [0.29, 0.717) is 0 Å². The Balaban J connectivity index is 2.05. The van der Waals surface area contributed by atoms with Gasteiger partial charge in [0.2, 0.25) is 0 Å². The first-order valence-corrected chi connectivity index (χ1v) is 5.96. The molecule has 2 heterocycles. The van der Waals surface area contributed by atoms with Gasteiger partial charge in [-0.25, -0.2) is 9.97 Å². The van der Waals surface area contributed by atoms with Gasteiger partial charge in [-0.15, -0.1) is 0 Å². The highest BCUT2D eigenvalue weighted by atomic mass is 79.9. The van der Waals surface area contributed by atoms with E-state index in [4.69, 9.17) is 0 Å². The molecule has 1 aliphatic heterocycles. The molecule has 0 aliphatic carbocycles. The number of hydrogen-bond acceptors (Lipinski definition) is 4. The molecule has 1 aromatic heterocycles. The van der Waals surface area contributed by atoms with E-state index < -0.39 is 0 Å². The average molecular weight is 271 g/mol. The Labute approximate surface area is 98.2 Å². The highest BCUT2D eigenvalue weighted by Crippen LogP contribution is 2.15. The Bertz CT molecular complexity index is 336. The van der Waals surface area contributed by atoms with Gasteiger partial charge in [0.1, 0.15) is 5.82 Å². The zero-order valence-corrected chi connectivity index (χ0v) is 10.4. The largest absolute Gasteiger partial charge is 0.314 e. The number of rotatable bonds is 2. The highest BCUT2D eigenvalue weighted by molar-refractivity contribution is 9.10. The maximum atomic E-state index is 4.45. The van der Waals surface area contributed by atoms with Crippen molar-refractivity contribution in [3.63, 3.8) is 0 Å². The second-order valence-electron chi connectivity index (χ2n) is 3.74. The van der Waals surface area contributed by atoms with Crippen LogP contribution in [0.1, 0.15) is 11.5 Å². The molecule has 0 saturated carbocycles. The van der Waals surface area contributed by atoms with Gasteiger partial charge in [-0.2, -0.15) is 0 Å².